The van der Waals surface area contributed by atoms with E-state index in [4.69, 9.17) is 0 Å². The summed E-state index contributed by atoms with van der Waals surface area (Å²) in [6.07, 6.45) is 2.83. The maximum atomic E-state index is 4.58. The SMILES string of the molecule is CCn1nc(C)c(C(C)NCCc2ccnn2C)c1C. The average Bonchev–Trinajstić information content (AvgIpc) is 2.93. The van der Waals surface area contributed by atoms with Gasteiger partial charge in [-0.1, -0.05) is 0 Å². The van der Waals surface area contributed by atoms with Crippen LogP contribution in [0.4, 0.5) is 0 Å². The molecular weight excluding hydrogens is 250 g/mol. The second kappa shape index (κ2) is 6.22. The fourth-order valence-electron chi connectivity index (χ4n) is 2.81. The largest absolute Gasteiger partial charge is 0.310 e. The second-order valence-corrected chi connectivity index (χ2v) is 5.27. The number of hydrogen-bond donors (Lipinski definition) is 1. The van der Waals surface area contributed by atoms with Gasteiger partial charge in [0.2, 0.25) is 0 Å². The summed E-state index contributed by atoms with van der Waals surface area (Å²) >= 11 is 0. The normalized spacial score (nSPS) is 12.8. The van der Waals surface area contributed by atoms with Crippen LogP contribution in [0, 0.1) is 13.8 Å². The van der Waals surface area contributed by atoms with Gasteiger partial charge < -0.3 is 5.32 Å². The monoisotopic (exact) mass is 275 g/mol. The van der Waals surface area contributed by atoms with Crippen molar-refractivity contribution in [3.8, 4) is 0 Å². The lowest BCUT2D eigenvalue weighted by Crippen LogP contribution is -2.23. The van der Waals surface area contributed by atoms with Crippen molar-refractivity contribution < 1.29 is 0 Å². The highest BCUT2D eigenvalue weighted by molar-refractivity contribution is 5.27. The third-order valence-corrected chi connectivity index (χ3v) is 3.92. The first-order valence-electron chi connectivity index (χ1n) is 7.28. The number of rotatable bonds is 6. The standard InChI is InChI=1S/C15H25N5/c1-6-20-13(4)15(12(3)18-20)11(2)16-9-7-14-8-10-17-19(14)5/h8,10-11,16H,6-7,9H2,1-5H3. The van der Waals surface area contributed by atoms with E-state index in [1.165, 1.54) is 17.0 Å². The van der Waals surface area contributed by atoms with Crippen molar-refractivity contribution in [2.24, 2.45) is 7.05 Å². The van der Waals surface area contributed by atoms with E-state index in [0.717, 1.165) is 25.2 Å². The molecule has 5 heteroatoms. The minimum atomic E-state index is 0.323. The minimum Gasteiger partial charge on any atom is -0.310 e. The number of nitrogens with zero attached hydrogens (tertiary/aromatic N) is 4. The van der Waals surface area contributed by atoms with E-state index in [1.807, 2.05) is 17.9 Å². The third-order valence-electron chi connectivity index (χ3n) is 3.92. The zero-order chi connectivity index (χ0) is 14.7. The topological polar surface area (TPSA) is 47.7 Å². The molecule has 1 unspecified atom stereocenters. The van der Waals surface area contributed by atoms with Crippen LogP contribution in [-0.4, -0.2) is 26.1 Å². The Morgan fingerprint density at radius 3 is 2.65 bits per heavy atom. The lowest BCUT2D eigenvalue weighted by molar-refractivity contribution is 0.557. The molecule has 20 heavy (non-hydrogen) atoms. The number of hydrogen-bond acceptors (Lipinski definition) is 3. The van der Waals surface area contributed by atoms with Crippen molar-refractivity contribution in [2.45, 2.75) is 46.7 Å². The summed E-state index contributed by atoms with van der Waals surface area (Å²) in [7, 11) is 1.98. The molecule has 0 fully saturated rings. The maximum absolute atomic E-state index is 4.58. The van der Waals surface area contributed by atoms with Gasteiger partial charge in [0, 0.05) is 55.7 Å². The average molecular weight is 275 g/mol. The lowest BCUT2D eigenvalue weighted by atomic mass is 10.1. The van der Waals surface area contributed by atoms with Gasteiger partial charge in [0.1, 0.15) is 0 Å². The molecule has 5 nitrogen and oxygen atoms in total. The number of nitrogens with one attached hydrogen (secondary N) is 1. The minimum absolute atomic E-state index is 0.323. The second-order valence-electron chi connectivity index (χ2n) is 5.27. The van der Waals surface area contributed by atoms with Crippen molar-refractivity contribution in [1.29, 1.82) is 0 Å². The van der Waals surface area contributed by atoms with E-state index in [-0.39, 0.29) is 0 Å². The van der Waals surface area contributed by atoms with E-state index in [1.54, 1.807) is 0 Å². The molecule has 0 saturated carbocycles. The van der Waals surface area contributed by atoms with E-state index in [0.29, 0.717) is 6.04 Å². The van der Waals surface area contributed by atoms with Crippen molar-refractivity contribution >= 4 is 0 Å². The van der Waals surface area contributed by atoms with E-state index >= 15 is 0 Å². The molecule has 1 N–H and O–H groups in total. The van der Waals surface area contributed by atoms with Gasteiger partial charge in [-0.05, 0) is 33.8 Å². The molecule has 2 heterocycles. The molecule has 0 spiro atoms. The van der Waals surface area contributed by atoms with Gasteiger partial charge >= 0.3 is 0 Å². The first-order valence-corrected chi connectivity index (χ1v) is 7.28. The zero-order valence-corrected chi connectivity index (χ0v) is 13.1. The van der Waals surface area contributed by atoms with Gasteiger partial charge in [0.15, 0.2) is 0 Å². The molecule has 0 radical (unpaired) electrons. The Morgan fingerprint density at radius 1 is 1.35 bits per heavy atom. The zero-order valence-electron chi connectivity index (χ0n) is 13.1. The predicted molar refractivity (Wildman–Crippen MR) is 80.7 cm³/mol. The molecule has 2 aromatic rings. The summed E-state index contributed by atoms with van der Waals surface area (Å²) in [5.74, 6) is 0. The van der Waals surface area contributed by atoms with Crippen LogP contribution in [0.1, 0.15) is 42.5 Å². The van der Waals surface area contributed by atoms with Crippen LogP contribution < -0.4 is 5.32 Å². The van der Waals surface area contributed by atoms with Gasteiger partial charge in [0.05, 0.1) is 5.69 Å². The summed E-state index contributed by atoms with van der Waals surface area (Å²) in [4.78, 5) is 0. The van der Waals surface area contributed by atoms with Crippen LogP contribution in [-0.2, 0) is 20.0 Å². The Hall–Kier alpha value is -1.62. The molecule has 0 bridgehead atoms. The first kappa shape index (κ1) is 14.8. The number of aryl methyl sites for hydroxylation is 3. The van der Waals surface area contributed by atoms with Crippen molar-refractivity contribution in [2.75, 3.05) is 6.54 Å². The molecule has 1 atom stereocenters. The van der Waals surface area contributed by atoms with Gasteiger partial charge in [-0.2, -0.15) is 10.2 Å². The summed E-state index contributed by atoms with van der Waals surface area (Å²) in [6.45, 7) is 10.4. The van der Waals surface area contributed by atoms with E-state index in [9.17, 15) is 0 Å². The molecule has 0 amide bonds. The summed E-state index contributed by atoms with van der Waals surface area (Å²) in [6, 6.07) is 2.39. The van der Waals surface area contributed by atoms with Gasteiger partial charge in [-0.15, -0.1) is 0 Å². The van der Waals surface area contributed by atoms with Gasteiger partial charge in [-0.25, -0.2) is 0 Å². The molecule has 0 aliphatic heterocycles. The molecule has 0 saturated heterocycles. The first-order chi connectivity index (χ1) is 9.54. The van der Waals surface area contributed by atoms with Crippen LogP contribution in [0.15, 0.2) is 12.3 Å². The Labute approximate surface area is 121 Å². The lowest BCUT2D eigenvalue weighted by Gasteiger charge is -2.15. The third kappa shape index (κ3) is 2.93. The highest BCUT2D eigenvalue weighted by Crippen LogP contribution is 2.21. The summed E-state index contributed by atoms with van der Waals surface area (Å²) in [5, 5.41) is 12.4. The Morgan fingerprint density at radius 2 is 2.10 bits per heavy atom. The van der Waals surface area contributed by atoms with Crippen LogP contribution in [0.25, 0.3) is 0 Å². The summed E-state index contributed by atoms with van der Waals surface area (Å²) < 4.78 is 4.00. The van der Waals surface area contributed by atoms with Crippen molar-refractivity contribution in [3.05, 3.63) is 34.9 Å². The Bertz CT molecular complexity index is 567. The van der Waals surface area contributed by atoms with Crippen LogP contribution in [0.3, 0.4) is 0 Å². The van der Waals surface area contributed by atoms with Gasteiger partial charge in [-0.3, -0.25) is 9.36 Å². The molecule has 110 valence electrons. The summed E-state index contributed by atoms with van der Waals surface area (Å²) in [5.41, 5.74) is 4.98. The van der Waals surface area contributed by atoms with Crippen LogP contribution in [0.2, 0.25) is 0 Å². The highest BCUT2D eigenvalue weighted by atomic mass is 15.3. The molecule has 2 aromatic heterocycles. The Kier molecular flexibility index (Phi) is 4.60. The molecule has 0 aliphatic carbocycles. The Balaban J connectivity index is 1.97. The predicted octanol–water partition coefficient (Wildman–Crippen LogP) is 2.15. The fourth-order valence-corrected chi connectivity index (χ4v) is 2.81. The molecule has 0 aromatic carbocycles. The highest BCUT2D eigenvalue weighted by Gasteiger charge is 2.16. The molecular formula is C15H25N5. The van der Waals surface area contributed by atoms with E-state index in [2.05, 4.69) is 54.0 Å². The van der Waals surface area contributed by atoms with Crippen LogP contribution in [0.5, 0.6) is 0 Å². The van der Waals surface area contributed by atoms with Gasteiger partial charge in [0.25, 0.3) is 0 Å². The quantitative estimate of drug-likeness (QED) is 0.878. The molecule has 2 rings (SSSR count). The number of aromatic nitrogens is 4. The van der Waals surface area contributed by atoms with Crippen LogP contribution >= 0.6 is 0 Å². The smallest absolute Gasteiger partial charge is 0.0644 e. The molecule has 0 aliphatic rings. The van der Waals surface area contributed by atoms with E-state index < -0.39 is 0 Å². The maximum Gasteiger partial charge on any atom is 0.0644 e. The fraction of sp³-hybridized carbons (Fsp3) is 0.600. The van der Waals surface area contributed by atoms with Crippen molar-refractivity contribution in [1.82, 2.24) is 24.9 Å². The van der Waals surface area contributed by atoms with Crippen molar-refractivity contribution in [3.63, 3.8) is 0 Å².